The third kappa shape index (κ3) is 4.26. The Bertz CT molecular complexity index is 744. The van der Waals surface area contributed by atoms with Crippen LogP contribution >= 0.6 is 0 Å². The molecule has 2 fully saturated rings. The van der Waals surface area contributed by atoms with Gasteiger partial charge in [-0.05, 0) is 44.6 Å². The summed E-state index contributed by atoms with van der Waals surface area (Å²) in [7, 11) is 0. The first-order valence-electron chi connectivity index (χ1n) is 10.7. The van der Waals surface area contributed by atoms with Crippen LogP contribution in [0, 0.1) is 5.92 Å². The van der Waals surface area contributed by atoms with Crippen molar-refractivity contribution in [1.29, 1.82) is 0 Å². The largest absolute Gasteiger partial charge is 0.341 e. The summed E-state index contributed by atoms with van der Waals surface area (Å²) in [6.07, 6.45) is 7.61. The van der Waals surface area contributed by atoms with Crippen molar-refractivity contribution < 1.29 is 4.79 Å². The fourth-order valence-corrected chi connectivity index (χ4v) is 4.87. The van der Waals surface area contributed by atoms with Gasteiger partial charge in [-0.3, -0.25) is 19.1 Å². The lowest BCUT2D eigenvalue weighted by Crippen LogP contribution is -2.44. The SMILES string of the molecule is C[C@@H]1CCCN(C(=O)CN2CC[C@H](c3cc(=O)n4c(n3)CCCCC4)C2)C1. The number of hydrogen-bond acceptors (Lipinski definition) is 4. The normalized spacial score (nSPS) is 26.6. The molecule has 0 N–H and O–H groups in total. The summed E-state index contributed by atoms with van der Waals surface area (Å²) in [4.78, 5) is 34.3. The molecule has 0 aliphatic carbocycles. The quantitative estimate of drug-likeness (QED) is 0.814. The van der Waals surface area contributed by atoms with E-state index in [4.69, 9.17) is 4.98 Å². The lowest BCUT2D eigenvalue weighted by molar-refractivity contribution is -0.133. The zero-order valence-corrected chi connectivity index (χ0v) is 16.5. The van der Waals surface area contributed by atoms with Crippen LogP contribution in [0.5, 0.6) is 0 Å². The van der Waals surface area contributed by atoms with Gasteiger partial charge in [-0.25, -0.2) is 4.98 Å². The van der Waals surface area contributed by atoms with Gasteiger partial charge in [-0.2, -0.15) is 0 Å². The molecular weight excluding hydrogens is 340 g/mol. The average molecular weight is 373 g/mol. The maximum absolute atomic E-state index is 12.6. The fourth-order valence-electron chi connectivity index (χ4n) is 4.87. The first-order valence-corrected chi connectivity index (χ1v) is 10.7. The van der Waals surface area contributed by atoms with Crippen LogP contribution in [0.3, 0.4) is 0 Å². The van der Waals surface area contributed by atoms with Crippen LogP contribution in [0.2, 0.25) is 0 Å². The molecule has 2 saturated heterocycles. The van der Waals surface area contributed by atoms with E-state index in [1.807, 2.05) is 9.47 Å². The molecule has 0 spiro atoms. The molecular formula is C21H32N4O2. The van der Waals surface area contributed by atoms with Crippen molar-refractivity contribution in [3.05, 3.63) is 27.9 Å². The molecule has 4 rings (SSSR count). The van der Waals surface area contributed by atoms with Gasteiger partial charge in [0.15, 0.2) is 0 Å². The van der Waals surface area contributed by atoms with Crippen LogP contribution in [-0.4, -0.2) is 58.0 Å². The van der Waals surface area contributed by atoms with Crippen LogP contribution in [0.4, 0.5) is 0 Å². The fraction of sp³-hybridized carbons (Fsp3) is 0.762. The lowest BCUT2D eigenvalue weighted by Gasteiger charge is -2.32. The molecule has 0 unspecified atom stereocenters. The highest BCUT2D eigenvalue weighted by Gasteiger charge is 2.29. The number of aryl methyl sites for hydroxylation is 1. The van der Waals surface area contributed by atoms with E-state index in [1.54, 1.807) is 6.07 Å². The van der Waals surface area contributed by atoms with E-state index in [9.17, 15) is 9.59 Å². The van der Waals surface area contributed by atoms with Crippen molar-refractivity contribution in [2.75, 3.05) is 32.7 Å². The van der Waals surface area contributed by atoms with Gasteiger partial charge < -0.3 is 4.90 Å². The van der Waals surface area contributed by atoms with Gasteiger partial charge in [-0.1, -0.05) is 13.3 Å². The number of carbonyl (C=O) groups is 1. The van der Waals surface area contributed by atoms with Gasteiger partial charge in [0.25, 0.3) is 5.56 Å². The summed E-state index contributed by atoms with van der Waals surface area (Å²) in [5.74, 6) is 2.12. The molecule has 2 atom stereocenters. The number of amides is 1. The van der Waals surface area contributed by atoms with E-state index in [-0.39, 0.29) is 17.4 Å². The van der Waals surface area contributed by atoms with Crippen molar-refractivity contribution in [3.63, 3.8) is 0 Å². The summed E-state index contributed by atoms with van der Waals surface area (Å²) >= 11 is 0. The van der Waals surface area contributed by atoms with Crippen LogP contribution < -0.4 is 5.56 Å². The first-order chi connectivity index (χ1) is 13.1. The van der Waals surface area contributed by atoms with E-state index in [0.717, 1.165) is 76.3 Å². The summed E-state index contributed by atoms with van der Waals surface area (Å²) < 4.78 is 1.87. The number of carbonyl (C=O) groups excluding carboxylic acids is 1. The van der Waals surface area contributed by atoms with Crippen molar-refractivity contribution in [2.45, 2.75) is 64.3 Å². The summed E-state index contributed by atoms with van der Waals surface area (Å²) in [6.45, 7) is 7.11. The average Bonchev–Trinajstić information content (AvgIpc) is 2.97. The van der Waals surface area contributed by atoms with Crippen molar-refractivity contribution in [1.82, 2.24) is 19.4 Å². The van der Waals surface area contributed by atoms with Gasteiger partial charge in [0.05, 0.1) is 12.2 Å². The Morgan fingerprint density at radius 2 is 2.00 bits per heavy atom. The second-order valence-corrected chi connectivity index (χ2v) is 8.71. The van der Waals surface area contributed by atoms with Gasteiger partial charge >= 0.3 is 0 Å². The predicted molar refractivity (Wildman–Crippen MR) is 105 cm³/mol. The molecule has 0 radical (unpaired) electrons. The third-order valence-corrected chi connectivity index (χ3v) is 6.45. The molecule has 6 nitrogen and oxygen atoms in total. The molecule has 3 aliphatic rings. The Morgan fingerprint density at radius 3 is 2.85 bits per heavy atom. The van der Waals surface area contributed by atoms with Crippen molar-refractivity contribution in [3.8, 4) is 0 Å². The van der Waals surface area contributed by atoms with Gasteiger partial charge in [-0.15, -0.1) is 0 Å². The number of piperidine rings is 1. The monoisotopic (exact) mass is 372 g/mol. The number of rotatable bonds is 3. The smallest absolute Gasteiger partial charge is 0.253 e. The van der Waals surface area contributed by atoms with Gasteiger partial charge in [0, 0.05) is 44.6 Å². The zero-order chi connectivity index (χ0) is 18.8. The maximum Gasteiger partial charge on any atom is 0.253 e. The standard InChI is InChI=1S/C21H32N4O2/c1-16-6-5-9-24(13-16)21(27)15-23-11-8-17(14-23)18-12-20(26)25-10-4-2-3-7-19(25)22-18/h12,16-17H,2-11,13-15H2,1H3/t16-,17+/m1/s1. The van der Waals surface area contributed by atoms with Crippen LogP contribution in [0.25, 0.3) is 0 Å². The number of hydrogen-bond donors (Lipinski definition) is 0. The highest BCUT2D eigenvalue weighted by Crippen LogP contribution is 2.26. The molecule has 0 aromatic carbocycles. The van der Waals surface area contributed by atoms with E-state index in [0.29, 0.717) is 12.5 Å². The molecule has 0 bridgehead atoms. The van der Waals surface area contributed by atoms with Gasteiger partial charge in [0.2, 0.25) is 5.91 Å². The minimum atomic E-state index is 0.105. The predicted octanol–water partition coefficient (Wildman–Crippen LogP) is 2.02. The third-order valence-electron chi connectivity index (χ3n) is 6.45. The molecule has 6 heteroatoms. The molecule has 1 amide bonds. The second kappa shape index (κ2) is 8.13. The summed E-state index contributed by atoms with van der Waals surface area (Å²) in [5.41, 5.74) is 1.04. The highest BCUT2D eigenvalue weighted by atomic mass is 16.2. The zero-order valence-electron chi connectivity index (χ0n) is 16.5. The second-order valence-electron chi connectivity index (χ2n) is 8.71. The Hall–Kier alpha value is -1.69. The molecule has 1 aromatic heterocycles. The van der Waals surface area contributed by atoms with Crippen LogP contribution in [-0.2, 0) is 17.8 Å². The molecule has 3 aliphatic heterocycles. The number of nitrogens with zero attached hydrogens (tertiary/aromatic N) is 4. The first kappa shape index (κ1) is 18.7. The van der Waals surface area contributed by atoms with Crippen molar-refractivity contribution >= 4 is 5.91 Å². The van der Waals surface area contributed by atoms with Crippen LogP contribution in [0.1, 0.15) is 62.9 Å². The number of aromatic nitrogens is 2. The molecule has 1 aromatic rings. The van der Waals surface area contributed by atoms with Crippen LogP contribution in [0.15, 0.2) is 10.9 Å². The maximum atomic E-state index is 12.6. The van der Waals surface area contributed by atoms with Gasteiger partial charge in [0.1, 0.15) is 5.82 Å². The lowest BCUT2D eigenvalue weighted by atomic mass is 10.0. The minimum Gasteiger partial charge on any atom is -0.341 e. The highest BCUT2D eigenvalue weighted by molar-refractivity contribution is 5.78. The Labute approximate surface area is 161 Å². The molecule has 4 heterocycles. The topological polar surface area (TPSA) is 58.4 Å². The Kier molecular flexibility index (Phi) is 5.62. The van der Waals surface area contributed by atoms with E-state index >= 15 is 0 Å². The molecule has 148 valence electrons. The van der Waals surface area contributed by atoms with Crippen molar-refractivity contribution in [2.24, 2.45) is 5.92 Å². The van der Waals surface area contributed by atoms with E-state index in [1.165, 1.54) is 12.8 Å². The summed E-state index contributed by atoms with van der Waals surface area (Å²) in [6, 6.07) is 1.75. The number of fused-ring (bicyclic) bond motifs is 1. The van der Waals surface area contributed by atoms with E-state index in [2.05, 4.69) is 11.8 Å². The summed E-state index contributed by atoms with van der Waals surface area (Å²) in [5, 5.41) is 0. The molecule has 0 saturated carbocycles. The Balaban J connectivity index is 1.39. The molecule has 27 heavy (non-hydrogen) atoms. The number of likely N-dealkylation sites (tertiary alicyclic amines) is 2. The minimum absolute atomic E-state index is 0.105. The Morgan fingerprint density at radius 1 is 1.11 bits per heavy atom. The van der Waals surface area contributed by atoms with E-state index < -0.39 is 0 Å².